The minimum Gasteiger partial charge on any atom is -0.475 e. The molecule has 2 aromatic rings. The molecule has 10 nitrogen and oxygen atoms in total. The van der Waals surface area contributed by atoms with Gasteiger partial charge in [-0.1, -0.05) is 0 Å². The molecule has 4 rings (SSSR count). The van der Waals surface area contributed by atoms with Crippen molar-refractivity contribution in [3.63, 3.8) is 0 Å². The average Bonchev–Trinajstić information content (AvgIpc) is 3.38. The third kappa shape index (κ3) is 5.60. The van der Waals surface area contributed by atoms with Crippen molar-refractivity contribution in [3.05, 3.63) is 41.3 Å². The largest absolute Gasteiger partial charge is 0.490 e. The van der Waals surface area contributed by atoms with Gasteiger partial charge in [-0.25, -0.2) is 14.8 Å². The van der Waals surface area contributed by atoms with E-state index >= 15 is 0 Å². The zero-order valence-corrected chi connectivity index (χ0v) is 17.3. The molecule has 13 heteroatoms. The number of carbonyl (C=O) groups is 2. The van der Waals surface area contributed by atoms with E-state index in [0.717, 1.165) is 18.5 Å². The molecule has 2 aliphatic heterocycles. The lowest BCUT2D eigenvalue weighted by Gasteiger charge is -2.22. The van der Waals surface area contributed by atoms with Crippen LogP contribution in [0.5, 0.6) is 0 Å². The van der Waals surface area contributed by atoms with Crippen LogP contribution >= 0.6 is 0 Å². The second-order valence-electron chi connectivity index (χ2n) is 7.30. The van der Waals surface area contributed by atoms with Crippen molar-refractivity contribution in [2.24, 2.45) is 0 Å². The maximum absolute atomic E-state index is 12.9. The number of pyridine rings is 1. The van der Waals surface area contributed by atoms with E-state index in [4.69, 9.17) is 19.9 Å². The van der Waals surface area contributed by atoms with E-state index in [1.165, 1.54) is 0 Å². The fourth-order valence-electron chi connectivity index (χ4n) is 3.50. The van der Waals surface area contributed by atoms with Crippen molar-refractivity contribution in [2.75, 3.05) is 20.3 Å². The summed E-state index contributed by atoms with van der Waals surface area (Å²) in [5, 5.41) is 19.5. The average molecular weight is 464 g/mol. The summed E-state index contributed by atoms with van der Waals surface area (Å²) in [6.07, 6.45) is -0.996. The topological polar surface area (TPSA) is 141 Å². The Labute approximate surface area is 186 Å². The summed E-state index contributed by atoms with van der Waals surface area (Å²) in [6.45, 7) is 1.91. The summed E-state index contributed by atoms with van der Waals surface area (Å²) in [6, 6.07) is 5.70. The first-order valence-electron chi connectivity index (χ1n) is 9.69. The van der Waals surface area contributed by atoms with Crippen LogP contribution in [-0.4, -0.2) is 75.4 Å². The number of ether oxygens (including phenoxy) is 1. The molecule has 1 saturated heterocycles. The summed E-state index contributed by atoms with van der Waals surface area (Å²) >= 11 is 0. The number of halogens is 3. The van der Waals surface area contributed by atoms with Gasteiger partial charge in [-0.05, 0) is 18.6 Å². The molecular formula is C20H19F3N6O4. The van der Waals surface area contributed by atoms with E-state index in [2.05, 4.69) is 26.3 Å². The van der Waals surface area contributed by atoms with Crippen molar-refractivity contribution in [1.29, 1.82) is 5.26 Å². The van der Waals surface area contributed by atoms with E-state index < -0.39 is 12.1 Å². The van der Waals surface area contributed by atoms with E-state index in [9.17, 15) is 18.0 Å². The lowest BCUT2D eigenvalue weighted by atomic mass is 10.1. The van der Waals surface area contributed by atoms with Crippen LogP contribution in [0.15, 0.2) is 24.5 Å². The lowest BCUT2D eigenvalue weighted by molar-refractivity contribution is -0.192. The van der Waals surface area contributed by atoms with Crippen LogP contribution in [0.2, 0.25) is 0 Å². The Bertz CT molecular complexity index is 1090. The van der Waals surface area contributed by atoms with Gasteiger partial charge in [-0.15, -0.1) is 0 Å². The predicted octanol–water partition coefficient (Wildman–Crippen LogP) is 1.38. The van der Waals surface area contributed by atoms with Gasteiger partial charge >= 0.3 is 12.1 Å². The molecule has 0 spiro atoms. The Morgan fingerprint density at radius 1 is 1.42 bits per heavy atom. The fourth-order valence-corrected chi connectivity index (χ4v) is 3.50. The number of aromatic nitrogens is 3. The number of hydrogen-bond acceptors (Lipinski definition) is 8. The number of amides is 1. The second kappa shape index (κ2) is 9.88. The number of alkyl halides is 3. The molecule has 2 aromatic heterocycles. The summed E-state index contributed by atoms with van der Waals surface area (Å²) in [5.41, 5.74) is 2.22. The molecule has 0 unspecified atom stereocenters. The number of fused-ring (bicyclic) bond motifs is 1. The van der Waals surface area contributed by atoms with Gasteiger partial charge in [0.1, 0.15) is 11.4 Å². The van der Waals surface area contributed by atoms with Crippen molar-refractivity contribution in [2.45, 2.75) is 31.2 Å². The number of carbonyl (C=O) groups excluding carboxylic acids is 1. The predicted molar refractivity (Wildman–Crippen MR) is 106 cm³/mol. The zero-order valence-electron chi connectivity index (χ0n) is 17.3. The fraction of sp³-hybridized carbons (Fsp3) is 0.400. The maximum Gasteiger partial charge on any atom is 0.490 e. The number of methoxy groups -OCH3 is 1. The van der Waals surface area contributed by atoms with Crippen LogP contribution in [0, 0.1) is 11.3 Å². The summed E-state index contributed by atoms with van der Waals surface area (Å²) in [4.78, 5) is 36.6. The standard InChI is InChI=1S/C18H18N6O2.C2HF3O2/c1-26-10-13-5-14(8-21-13)24-9-12-7-22-17(23-16(12)18(24)25)15-4-11(6-19)2-3-20-15;3-2(4,5)1(6)7/h2-4,7,13-14,21H,5,8-10H2,1H3;(H,6,7)/t13-,14+;/m0./s1. The first kappa shape index (κ1) is 24.0. The molecule has 1 amide bonds. The number of carboxylic acids is 1. The highest BCUT2D eigenvalue weighted by molar-refractivity contribution is 5.97. The van der Waals surface area contributed by atoms with Gasteiger partial charge in [-0.2, -0.15) is 18.4 Å². The Hall–Kier alpha value is -3.63. The van der Waals surface area contributed by atoms with Gasteiger partial charge in [0.15, 0.2) is 5.82 Å². The molecular weight excluding hydrogens is 445 g/mol. The number of nitrogens with zero attached hydrogens (tertiary/aromatic N) is 5. The molecule has 33 heavy (non-hydrogen) atoms. The molecule has 0 saturated carbocycles. The lowest BCUT2D eigenvalue weighted by Crippen LogP contribution is -2.37. The van der Waals surface area contributed by atoms with Gasteiger partial charge in [0.25, 0.3) is 5.91 Å². The van der Waals surface area contributed by atoms with E-state index in [1.54, 1.807) is 31.6 Å². The number of hydrogen-bond donors (Lipinski definition) is 2. The first-order chi connectivity index (χ1) is 15.6. The van der Waals surface area contributed by atoms with Crippen LogP contribution in [-0.2, 0) is 16.1 Å². The quantitative estimate of drug-likeness (QED) is 0.686. The van der Waals surface area contributed by atoms with Crippen LogP contribution in [0.25, 0.3) is 11.5 Å². The minimum atomic E-state index is -5.08. The third-order valence-electron chi connectivity index (χ3n) is 5.04. The maximum atomic E-state index is 12.9. The number of aliphatic carboxylic acids is 1. The van der Waals surface area contributed by atoms with Crippen molar-refractivity contribution >= 4 is 11.9 Å². The molecule has 0 bridgehead atoms. The van der Waals surface area contributed by atoms with Crippen LogP contribution < -0.4 is 5.32 Å². The monoisotopic (exact) mass is 464 g/mol. The summed E-state index contributed by atoms with van der Waals surface area (Å²) in [7, 11) is 1.68. The number of rotatable bonds is 4. The normalized spacial score (nSPS) is 19.5. The highest BCUT2D eigenvalue weighted by Crippen LogP contribution is 2.27. The molecule has 0 aliphatic carbocycles. The van der Waals surface area contributed by atoms with Crippen LogP contribution in [0.3, 0.4) is 0 Å². The van der Waals surface area contributed by atoms with Gasteiger partial charge in [0, 0.05) is 43.7 Å². The number of carboxylic acid groups (broad SMARTS) is 1. The van der Waals surface area contributed by atoms with Crippen LogP contribution in [0.1, 0.15) is 28.0 Å². The highest BCUT2D eigenvalue weighted by Gasteiger charge is 2.39. The Morgan fingerprint density at radius 3 is 2.79 bits per heavy atom. The SMILES string of the molecule is COC[C@@H]1C[C@@H](N2Cc3cnc(-c4cc(C#N)ccn4)nc3C2=O)CN1.O=C(O)C(F)(F)F. The second-order valence-corrected chi connectivity index (χ2v) is 7.30. The molecule has 1 fully saturated rings. The Balaban J connectivity index is 0.000000383. The molecule has 0 aromatic carbocycles. The first-order valence-corrected chi connectivity index (χ1v) is 9.69. The molecule has 174 valence electrons. The number of nitrogens with one attached hydrogen (secondary N) is 1. The van der Waals surface area contributed by atoms with Gasteiger partial charge in [-0.3, -0.25) is 9.78 Å². The van der Waals surface area contributed by atoms with E-state index in [1.807, 2.05) is 4.90 Å². The zero-order chi connectivity index (χ0) is 24.2. The molecule has 0 radical (unpaired) electrons. The molecule has 2 atom stereocenters. The molecule has 2 aliphatic rings. The molecule has 4 heterocycles. The van der Waals surface area contributed by atoms with E-state index in [0.29, 0.717) is 35.9 Å². The van der Waals surface area contributed by atoms with Gasteiger partial charge in [0.2, 0.25) is 0 Å². The van der Waals surface area contributed by atoms with Crippen molar-refractivity contribution < 1.29 is 32.6 Å². The Morgan fingerprint density at radius 2 is 2.15 bits per heavy atom. The Kier molecular flexibility index (Phi) is 7.19. The summed E-state index contributed by atoms with van der Waals surface area (Å²) in [5.74, 6) is -2.48. The van der Waals surface area contributed by atoms with Crippen LogP contribution in [0.4, 0.5) is 13.2 Å². The highest BCUT2D eigenvalue weighted by atomic mass is 19.4. The molecule has 2 N–H and O–H groups in total. The van der Waals surface area contributed by atoms with Gasteiger partial charge in [0.05, 0.1) is 24.8 Å². The summed E-state index contributed by atoms with van der Waals surface area (Å²) < 4.78 is 36.9. The third-order valence-corrected chi connectivity index (χ3v) is 5.04. The van der Waals surface area contributed by atoms with Crippen molar-refractivity contribution in [3.8, 4) is 17.6 Å². The minimum absolute atomic E-state index is 0.0787. The smallest absolute Gasteiger partial charge is 0.475 e. The van der Waals surface area contributed by atoms with Crippen molar-refractivity contribution in [1.82, 2.24) is 25.2 Å². The van der Waals surface area contributed by atoms with Gasteiger partial charge < -0.3 is 20.1 Å². The number of nitriles is 1. The van der Waals surface area contributed by atoms with E-state index in [-0.39, 0.29) is 18.0 Å².